The summed E-state index contributed by atoms with van der Waals surface area (Å²) in [4.78, 5) is 37.6. The highest BCUT2D eigenvalue weighted by Crippen LogP contribution is 2.39. The summed E-state index contributed by atoms with van der Waals surface area (Å²) in [6, 6.07) is -3.47. The van der Waals surface area contributed by atoms with Crippen LogP contribution in [0.5, 0.6) is 0 Å². The van der Waals surface area contributed by atoms with Gasteiger partial charge in [0, 0.05) is 20.3 Å². The molecular formula is C37H62N2O29. The van der Waals surface area contributed by atoms with Crippen LogP contribution < -0.4 is 10.6 Å². The van der Waals surface area contributed by atoms with Crippen LogP contribution in [0.2, 0.25) is 0 Å². The van der Waals surface area contributed by atoms with E-state index in [1.54, 1.807) is 0 Å². The number of ether oxygens (including phenoxy) is 9. The van der Waals surface area contributed by atoms with Crippen LogP contribution in [0.25, 0.3) is 0 Å². The van der Waals surface area contributed by atoms with Crippen LogP contribution in [-0.4, -0.2) is 297 Å². The zero-order valence-corrected chi connectivity index (χ0v) is 36.2. The lowest BCUT2D eigenvalue weighted by Crippen LogP contribution is -2.71. The molecule has 5 saturated heterocycles. The molecule has 0 unspecified atom stereocenters. The zero-order valence-electron chi connectivity index (χ0n) is 36.2. The van der Waals surface area contributed by atoms with E-state index >= 15 is 0 Å². The molecule has 31 heteroatoms. The van der Waals surface area contributed by atoms with Gasteiger partial charge >= 0.3 is 5.97 Å². The van der Waals surface area contributed by atoms with E-state index in [0.717, 1.165) is 13.8 Å². The lowest BCUT2D eigenvalue weighted by atomic mass is 9.88. The molecule has 0 spiro atoms. The van der Waals surface area contributed by atoms with Gasteiger partial charge in [0.25, 0.3) is 5.79 Å². The van der Waals surface area contributed by atoms with Gasteiger partial charge in [-0.15, -0.1) is 0 Å². The van der Waals surface area contributed by atoms with E-state index in [9.17, 15) is 101 Å². The second-order valence-corrected chi connectivity index (χ2v) is 16.8. The minimum atomic E-state index is -3.18. The minimum Gasteiger partial charge on any atom is -0.477 e. The van der Waals surface area contributed by atoms with Gasteiger partial charge in [-0.25, -0.2) is 4.79 Å². The molecule has 5 fully saturated rings. The number of carbonyl (C=O) groups is 3. The molecule has 2 amide bonds. The van der Waals surface area contributed by atoms with E-state index in [4.69, 9.17) is 42.6 Å². The van der Waals surface area contributed by atoms with Crippen molar-refractivity contribution in [3.63, 3.8) is 0 Å². The predicted molar refractivity (Wildman–Crippen MR) is 207 cm³/mol. The van der Waals surface area contributed by atoms with Crippen LogP contribution in [0.1, 0.15) is 20.3 Å². The summed E-state index contributed by atoms with van der Waals surface area (Å²) in [5.74, 6) is -6.96. The number of aliphatic hydroxyl groups excluding tert-OH is 16. The molecule has 26 atom stereocenters. The fourth-order valence-electron chi connectivity index (χ4n) is 8.54. The number of carbonyl (C=O) groups excluding carboxylic acids is 2. The molecule has 0 saturated carbocycles. The normalized spacial score (nSPS) is 46.6. The number of carboxylic acid groups (broad SMARTS) is 1. The molecule has 68 heavy (non-hydrogen) atoms. The Kier molecular flexibility index (Phi) is 19.7. The highest BCUT2D eigenvalue weighted by molar-refractivity contribution is 5.76. The number of hydrogen-bond donors (Lipinski definition) is 19. The van der Waals surface area contributed by atoms with E-state index in [0.29, 0.717) is 0 Å². The maximum absolute atomic E-state index is 13.0. The first kappa shape index (κ1) is 56.3. The summed E-state index contributed by atoms with van der Waals surface area (Å²) in [7, 11) is 0. The van der Waals surface area contributed by atoms with E-state index < -0.39 is 216 Å². The maximum atomic E-state index is 13.0. The lowest BCUT2D eigenvalue weighted by Gasteiger charge is -2.51. The third-order valence-electron chi connectivity index (χ3n) is 12.1. The van der Waals surface area contributed by atoms with Gasteiger partial charge in [0.05, 0.1) is 45.2 Å². The number of nitrogens with one attached hydrogen (secondary N) is 2. The third kappa shape index (κ3) is 11.8. The molecule has 0 aromatic heterocycles. The van der Waals surface area contributed by atoms with Crippen LogP contribution in [0.4, 0.5) is 0 Å². The van der Waals surface area contributed by atoms with Crippen LogP contribution in [0, 0.1) is 0 Å². The Morgan fingerprint density at radius 2 is 1.03 bits per heavy atom. The molecule has 394 valence electrons. The fraction of sp³-hybridized carbons (Fsp3) is 0.919. The van der Waals surface area contributed by atoms with Crippen molar-refractivity contribution in [3.05, 3.63) is 0 Å². The van der Waals surface area contributed by atoms with Crippen molar-refractivity contribution in [3.8, 4) is 0 Å². The van der Waals surface area contributed by atoms with E-state index in [2.05, 4.69) is 10.6 Å². The summed E-state index contributed by atoms with van der Waals surface area (Å²) >= 11 is 0. The van der Waals surface area contributed by atoms with E-state index in [-0.39, 0.29) is 0 Å². The van der Waals surface area contributed by atoms with Gasteiger partial charge in [0.1, 0.15) is 116 Å². The van der Waals surface area contributed by atoms with Crippen molar-refractivity contribution in [1.82, 2.24) is 10.6 Å². The second-order valence-electron chi connectivity index (χ2n) is 16.8. The first-order chi connectivity index (χ1) is 32.0. The highest BCUT2D eigenvalue weighted by Gasteiger charge is 2.61. The smallest absolute Gasteiger partial charge is 0.364 e. The quantitative estimate of drug-likeness (QED) is 0.0606. The number of aliphatic hydroxyl groups is 16. The van der Waals surface area contributed by atoms with E-state index in [1.165, 1.54) is 0 Å². The molecule has 5 aliphatic rings. The first-order valence-electron chi connectivity index (χ1n) is 21.2. The Morgan fingerprint density at radius 3 is 1.56 bits per heavy atom. The van der Waals surface area contributed by atoms with Crippen LogP contribution in [0.15, 0.2) is 0 Å². The lowest BCUT2D eigenvalue weighted by molar-refractivity contribution is -0.388. The van der Waals surface area contributed by atoms with Crippen molar-refractivity contribution in [2.24, 2.45) is 0 Å². The van der Waals surface area contributed by atoms with Gasteiger partial charge in [-0.05, 0) is 0 Å². The molecule has 5 heterocycles. The molecule has 0 radical (unpaired) electrons. The largest absolute Gasteiger partial charge is 0.477 e. The Balaban J connectivity index is 1.42. The van der Waals surface area contributed by atoms with Crippen molar-refractivity contribution in [1.29, 1.82) is 0 Å². The molecule has 0 aromatic rings. The first-order valence-corrected chi connectivity index (χ1v) is 21.2. The fourth-order valence-corrected chi connectivity index (χ4v) is 8.54. The average molecular weight is 999 g/mol. The molecule has 31 nitrogen and oxygen atoms in total. The maximum Gasteiger partial charge on any atom is 0.364 e. The third-order valence-corrected chi connectivity index (χ3v) is 12.1. The standard InChI is InChI=1S/C37H62N2O29/c1-9(45)38-17-11(47)3-37(36(58)59,67-30(17)19(49)12(48)4-40)68-31-21(51)14(6-42)62-35(26(31)56)66-29-18(39-10(2)46)33(61-13(5-41)20(29)50)64-28-16(8-44)63-34(25(55)23(28)53)65-27-15(7-43)60-32(57)24(54)22(27)52/h11-35,40-44,47-57H,3-8H2,1-2H3,(H,38,45)(H,39,46)(H,58,59)/t11-,12+,13+,14+,15+,16+,17+,18+,19+,20-,21-,22+,23+,24+,25+,26+,27+,28-,29+,30+,31-,32+,33-,34-,35-,37-/m0/s1. The Labute approximate surface area is 384 Å². The van der Waals surface area contributed by atoms with Crippen molar-refractivity contribution in [2.75, 3.05) is 33.0 Å². The topological polar surface area (TPSA) is 502 Å². The summed E-state index contributed by atoms with van der Waals surface area (Å²) in [6.45, 7) is -3.25. The molecule has 0 aromatic carbocycles. The summed E-state index contributed by atoms with van der Waals surface area (Å²) in [5, 5.41) is 185. The molecular weight excluding hydrogens is 936 g/mol. The van der Waals surface area contributed by atoms with Crippen molar-refractivity contribution >= 4 is 17.8 Å². The molecule has 0 bridgehead atoms. The highest BCUT2D eigenvalue weighted by atomic mass is 16.8. The minimum absolute atomic E-state index is 0.815. The number of carboxylic acids is 1. The van der Waals surface area contributed by atoms with E-state index in [1.807, 2.05) is 0 Å². The molecule has 19 N–H and O–H groups in total. The second kappa shape index (κ2) is 23.8. The van der Waals surface area contributed by atoms with Gasteiger partial charge in [-0.1, -0.05) is 0 Å². The average Bonchev–Trinajstić information content (AvgIpc) is 3.29. The predicted octanol–water partition coefficient (Wildman–Crippen LogP) is -12.4. The Hall–Kier alpha value is -2.59. The van der Waals surface area contributed by atoms with Crippen LogP contribution in [-0.2, 0) is 57.0 Å². The number of aliphatic carboxylic acids is 1. The molecule has 5 aliphatic heterocycles. The Bertz CT molecular complexity index is 1650. The van der Waals surface area contributed by atoms with Gasteiger partial charge in [0.15, 0.2) is 25.2 Å². The van der Waals surface area contributed by atoms with Gasteiger partial charge in [0.2, 0.25) is 11.8 Å². The van der Waals surface area contributed by atoms with Gasteiger partial charge < -0.3 is 140 Å². The van der Waals surface area contributed by atoms with Gasteiger partial charge in [-0.2, -0.15) is 0 Å². The monoisotopic (exact) mass is 998 g/mol. The zero-order chi connectivity index (χ0) is 50.7. The van der Waals surface area contributed by atoms with Gasteiger partial charge in [-0.3, -0.25) is 9.59 Å². The number of rotatable bonds is 18. The number of hydrogen-bond acceptors (Lipinski definition) is 28. The van der Waals surface area contributed by atoms with Crippen molar-refractivity contribution < 1.29 is 144 Å². The summed E-state index contributed by atoms with van der Waals surface area (Å²) < 4.78 is 50.7. The number of amides is 2. The van der Waals surface area contributed by atoms with Crippen molar-refractivity contribution in [2.45, 2.75) is 179 Å². The van der Waals surface area contributed by atoms with Crippen LogP contribution >= 0.6 is 0 Å². The Morgan fingerprint density at radius 1 is 0.574 bits per heavy atom. The summed E-state index contributed by atoms with van der Waals surface area (Å²) in [6.07, 6.45) is -47.1. The SMILES string of the molecule is CC(=O)N[C@H]1[C@H](O[C@@H]2[C@H](O)[C@@H](O)[C@H](O[C@H]3[C@H](O)[C@@H](O)[C@H](O)O[C@@H]3CO)O[C@@H]2CO)O[C@H](CO)[C@H](O)[C@@H]1O[C@@H]1O[C@H](CO)[C@H](O)[C@H](O[C@]2(C(=O)O)C[C@H](O)[C@@H](NC(C)=O)[C@H]([C@H](O)[C@H](O)CO)O2)[C@H]1O. The van der Waals surface area contributed by atoms with Crippen LogP contribution in [0.3, 0.4) is 0 Å². The molecule has 5 rings (SSSR count). The summed E-state index contributed by atoms with van der Waals surface area (Å²) in [5.41, 5.74) is 0. The molecule has 0 aliphatic carbocycles.